The maximum absolute atomic E-state index is 11.2. The number of ether oxygens (including phenoxy) is 2. The van der Waals surface area contributed by atoms with Crippen LogP contribution in [0.3, 0.4) is 0 Å². The lowest BCUT2D eigenvalue weighted by Crippen LogP contribution is -2.56. The first-order chi connectivity index (χ1) is 6.29. The number of rotatable bonds is 1. The molecule has 13 heavy (non-hydrogen) atoms. The first kappa shape index (κ1) is 8.93. The fourth-order valence-corrected chi connectivity index (χ4v) is 1.74. The number of aliphatic hydroxyl groups is 1. The normalized spacial score (nSPS) is 33.2. The second-order valence-corrected chi connectivity index (χ2v) is 3.37. The molecular weight excluding hydrogens is 174 g/mol. The van der Waals surface area contributed by atoms with Gasteiger partial charge in [0.1, 0.15) is 6.61 Å². The van der Waals surface area contributed by atoms with Gasteiger partial charge in [0.15, 0.2) is 0 Å². The second-order valence-electron chi connectivity index (χ2n) is 3.37. The van der Waals surface area contributed by atoms with Gasteiger partial charge < -0.3 is 19.5 Å². The lowest BCUT2D eigenvalue weighted by molar-refractivity contribution is -0.186. The number of hydrogen-bond acceptors (Lipinski definition) is 4. The topological polar surface area (TPSA) is 59.0 Å². The summed E-state index contributed by atoms with van der Waals surface area (Å²) in [6.45, 7) is 1.75. The quantitative estimate of drug-likeness (QED) is 0.549. The van der Waals surface area contributed by atoms with E-state index in [-0.39, 0.29) is 18.1 Å². The van der Waals surface area contributed by atoms with Crippen LogP contribution in [0.5, 0.6) is 0 Å². The number of hydrogen-bond donors (Lipinski definition) is 1. The SMILES string of the molecule is O=C(CO)N1CC2COCC(C1)O2. The van der Waals surface area contributed by atoms with Crippen molar-refractivity contribution >= 4 is 5.91 Å². The maximum atomic E-state index is 11.2. The standard InChI is InChI=1S/C8H13NO4/c10-3-8(11)9-1-6-4-12-5-7(2-9)13-6/h6-7,10H,1-5H2. The van der Waals surface area contributed by atoms with E-state index in [9.17, 15) is 4.79 Å². The molecule has 2 rings (SSSR count). The van der Waals surface area contributed by atoms with Gasteiger partial charge in [-0.3, -0.25) is 4.79 Å². The van der Waals surface area contributed by atoms with E-state index in [1.54, 1.807) is 4.90 Å². The molecule has 2 aliphatic heterocycles. The van der Waals surface area contributed by atoms with Crippen molar-refractivity contribution in [2.24, 2.45) is 0 Å². The lowest BCUT2D eigenvalue weighted by Gasteiger charge is -2.41. The second kappa shape index (κ2) is 3.61. The van der Waals surface area contributed by atoms with Gasteiger partial charge in [0.25, 0.3) is 0 Å². The van der Waals surface area contributed by atoms with Gasteiger partial charge in [0.2, 0.25) is 5.91 Å². The molecule has 0 aromatic rings. The van der Waals surface area contributed by atoms with Crippen LogP contribution in [0, 0.1) is 0 Å². The molecule has 2 heterocycles. The number of amides is 1. The number of carbonyl (C=O) groups is 1. The van der Waals surface area contributed by atoms with Crippen LogP contribution >= 0.6 is 0 Å². The van der Waals surface area contributed by atoms with Gasteiger partial charge in [0.05, 0.1) is 25.4 Å². The minimum absolute atomic E-state index is 0.0111. The van der Waals surface area contributed by atoms with Crippen LogP contribution in [-0.4, -0.2) is 61.0 Å². The zero-order valence-corrected chi connectivity index (χ0v) is 7.31. The third-order valence-electron chi connectivity index (χ3n) is 2.33. The predicted molar refractivity (Wildman–Crippen MR) is 43.1 cm³/mol. The number of morpholine rings is 1. The van der Waals surface area contributed by atoms with Crippen LogP contribution in [0.1, 0.15) is 0 Å². The Bertz CT molecular complexity index is 196. The number of nitrogens with zero attached hydrogens (tertiary/aromatic N) is 1. The molecule has 5 nitrogen and oxygen atoms in total. The Morgan fingerprint density at radius 3 is 2.54 bits per heavy atom. The van der Waals surface area contributed by atoms with E-state index in [2.05, 4.69) is 0 Å². The van der Waals surface area contributed by atoms with Crippen molar-refractivity contribution in [1.29, 1.82) is 0 Å². The molecule has 0 spiro atoms. The summed E-state index contributed by atoms with van der Waals surface area (Å²) in [5, 5.41) is 8.69. The molecule has 0 radical (unpaired) electrons. The average molecular weight is 187 g/mol. The highest BCUT2D eigenvalue weighted by Gasteiger charge is 2.33. The smallest absolute Gasteiger partial charge is 0.248 e. The fraction of sp³-hybridized carbons (Fsp3) is 0.875. The number of fused-ring (bicyclic) bond motifs is 2. The average Bonchev–Trinajstić information content (AvgIpc) is 2.16. The van der Waals surface area contributed by atoms with E-state index in [1.807, 2.05) is 0 Å². The van der Waals surface area contributed by atoms with Gasteiger partial charge in [-0.05, 0) is 0 Å². The van der Waals surface area contributed by atoms with Gasteiger partial charge in [-0.1, -0.05) is 0 Å². The summed E-state index contributed by atoms with van der Waals surface area (Å²) in [4.78, 5) is 12.8. The van der Waals surface area contributed by atoms with Crippen LogP contribution in [0.2, 0.25) is 0 Å². The van der Waals surface area contributed by atoms with Crippen molar-refractivity contribution in [2.45, 2.75) is 12.2 Å². The van der Waals surface area contributed by atoms with Crippen LogP contribution in [0.15, 0.2) is 0 Å². The Balaban J connectivity index is 1.97. The summed E-state index contributed by atoms with van der Waals surface area (Å²) in [7, 11) is 0. The van der Waals surface area contributed by atoms with Gasteiger partial charge in [0, 0.05) is 13.1 Å². The summed E-state index contributed by atoms with van der Waals surface area (Å²) in [6, 6.07) is 0. The highest BCUT2D eigenvalue weighted by molar-refractivity contribution is 5.77. The molecule has 2 unspecified atom stereocenters. The molecule has 0 aromatic carbocycles. The van der Waals surface area contributed by atoms with Crippen LogP contribution in [0.4, 0.5) is 0 Å². The zero-order valence-electron chi connectivity index (χ0n) is 7.31. The van der Waals surface area contributed by atoms with E-state index in [4.69, 9.17) is 14.6 Å². The van der Waals surface area contributed by atoms with Crippen molar-refractivity contribution in [2.75, 3.05) is 32.9 Å². The Hall–Kier alpha value is -0.650. The Labute approximate surface area is 76.2 Å². The first-order valence-corrected chi connectivity index (χ1v) is 4.41. The molecule has 5 heteroatoms. The van der Waals surface area contributed by atoms with E-state index >= 15 is 0 Å². The van der Waals surface area contributed by atoms with Crippen molar-refractivity contribution in [3.05, 3.63) is 0 Å². The predicted octanol–water partition coefficient (Wildman–Crippen LogP) is -1.40. The zero-order chi connectivity index (χ0) is 9.26. The molecule has 2 saturated heterocycles. The minimum Gasteiger partial charge on any atom is -0.387 e. The molecule has 2 aliphatic rings. The molecule has 0 aliphatic carbocycles. The third-order valence-corrected chi connectivity index (χ3v) is 2.33. The summed E-state index contributed by atoms with van der Waals surface area (Å²) < 4.78 is 10.8. The summed E-state index contributed by atoms with van der Waals surface area (Å²) in [6.07, 6.45) is -0.0222. The molecule has 2 fully saturated rings. The van der Waals surface area contributed by atoms with E-state index in [0.717, 1.165) is 0 Å². The van der Waals surface area contributed by atoms with E-state index < -0.39 is 6.61 Å². The van der Waals surface area contributed by atoms with Crippen LogP contribution in [-0.2, 0) is 14.3 Å². The van der Waals surface area contributed by atoms with Crippen molar-refractivity contribution in [1.82, 2.24) is 4.90 Å². The Kier molecular flexibility index (Phi) is 2.48. The molecule has 0 saturated carbocycles. The minimum atomic E-state index is -0.416. The third kappa shape index (κ3) is 1.82. The maximum Gasteiger partial charge on any atom is 0.248 e. The summed E-state index contributed by atoms with van der Waals surface area (Å²) in [5.74, 6) is -0.222. The van der Waals surface area contributed by atoms with Gasteiger partial charge in [-0.2, -0.15) is 0 Å². The Morgan fingerprint density at radius 2 is 2.00 bits per heavy atom. The largest absolute Gasteiger partial charge is 0.387 e. The van der Waals surface area contributed by atoms with Crippen LogP contribution < -0.4 is 0 Å². The highest BCUT2D eigenvalue weighted by atomic mass is 16.6. The van der Waals surface area contributed by atoms with E-state index in [1.165, 1.54) is 0 Å². The molecule has 1 amide bonds. The summed E-state index contributed by atoms with van der Waals surface area (Å²) in [5.41, 5.74) is 0. The monoisotopic (exact) mass is 187 g/mol. The van der Waals surface area contributed by atoms with Gasteiger partial charge in [-0.15, -0.1) is 0 Å². The Morgan fingerprint density at radius 1 is 1.38 bits per heavy atom. The number of carbonyl (C=O) groups excluding carboxylic acids is 1. The van der Waals surface area contributed by atoms with Crippen molar-refractivity contribution in [3.8, 4) is 0 Å². The first-order valence-electron chi connectivity index (χ1n) is 4.41. The summed E-state index contributed by atoms with van der Waals surface area (Å²) >= 11 is 0. The van der Waals surface area contributed by atoms with Crippen molar-refractivity contribution < 1.29 is 19.4 Å². The molecular formula is C8H13NO4. The van der Waals surface area contributed by atoms with Gasteiger partial charge >= 0.3 is 0 Å². The fourth-order valence-electron chi connectivity index (χ4n) is 1.74. The van der Waals surface area contributed by atoms with Gasteiger partial charge in [-0.25, -0.2) is 0 Å². The van der Waals surface area contributed by atoms with Crippen LogP contribution in [0.25, 0.3) is 0 Å². The molecule has 2 bridgehead atoms. The number of aliphatic hydroxyl groups excluding tert-OH is 1. The molecule has 74 valence electrons. The van der Waals surface area contributed by atoms with E-state index in [0.29, 0.717) is 26.3 Å². The molecule has 1 N–H and O–H groups in total. The highest BCUT2D eigenvalue weighted by Crippen LogP contribution is 2.16. The molecule has 0 aromatic heterocycles. The van der Waals surface area contributed by atoms with Crippen molar-refractivity contribution in [3.63, 3.8) is 0 Å². The lowest BCUT2D eigenvalue weighted by atomic mass is 10.2. The molecule has 2 atom stereocenters.